The Labute approximate surface area is 154 Å². The SMILES string of the molecule is CC1CCCCC1NC(=O)NC(=O)CN1CCN(c2ncccn2)CC1. The number of piperazine rings is 1. The van der Waals surface area contributed by atoms with Crippen molar-refractivity contribution in [3.63, 3.8) is 0 Å². The molecular formula is C18H28N6O2. The highest BCUT2D eigenvalue weighted by atomic mass is 16.2. The second-order valence-electron chi connectivity index (χ2n) is 7.20. The third-order valence-electron chi connectivity index (χ3n) is 5.26. The minimum Gasteiger partial charge on any atom is -0.338 e. The maximum absolute atomic E-state index is 12.1. The third kappa shape index (κ3) is 5.14. The van der Waals surface area contributed by atoms with Crippen LogP contribution in [0.2, 0.25) is 0 Å². The standard InChI is InChI=1S/C18H28N6O2/c1-14-5-2-3-6-15(14)21-18(26)22-16(25)13-23-9-11-24(12-10-23)17-19-7-4-8-20-17/h4,7-8,14-15H,2-3,5-6,9-13H2,1H3,(H2,21,22,25,26). The lowest BCUT2D eigenvalue weighted by Gasteiger charge is -2.34. The highest BCUT2D eigenvalue weighted by Crippen LogP contribution is 2.23. The topological polar surface area (TPSA) is 90.5 Å². The smallest absolute Gasteiger partial charge is 0.321 e. The van der Waals surface area contributed by atoms with Gasteiger partial charge in [0.15, 0.2) is 0 Å². The van der Waals surface area contributed by atoms with Crippen LogP contribution < -0.4 is 15.5 Å². The molecule has 2 N–H and O–H groups in total. The first kappa shape index (κ1) is 18.6. The minimum atomic E-state index is -0.370. The Balaban J connectivity index is 1.38. The molecule has 0 aromatic carbocycles. The number of nitrogens with one attached hydrogen (secondary N) is 2. The van der Waals surface area contributed by atoms with Crippen molar-refractivity contribution >= 4 is 17.9 Å². The number of hydrogen-bond acceptors (Lipinski definition) is 6. The van der Waals surface area contributed by atoms with E-state index in [1.54, 1.807) is 18.5 Å². The van der Waals surface area contributed by atoms with Crippen LogP contribution >= 0.6 is 0 Å². The minimum absolute atomic E-state index is 0.172. The predicted octanol–water partition coefficient (Wildman–Crippen LogP) is 1.00. The maximum atomic E-state index is 12.1. The van der Waals surface area contributed by atoms with Crippen molar-refractivity contribution in [3.8, 4) is 0 Å². The number of aromatic nitrogens is 2. The summed E-state index contributed by atoms with van der Waals surface area (Å²) in [6, 6.07) is 1.60. The van der Waals surface area contributed by atoms with Crippen molar-refractivity contribution in [1.82, 2.24) is 25.5 Å². The van der Waals surface area contributed by atoms with Crippen LogP contribution in [0.5, 0.6) is 0 Å². The van der Waals surface area contributed by atoms with E-state index in [1.807, 2.05) is 4.90 Å². The number of amides is 3. The Hall–Kier alpha value is -2.22. The summed E-state index contributed by atoms with van der Waals surface area (Å²) in [6.45, 7) is 5.41. The highest BCUT2D eigenvalue weighted by Gasteiger charge is 2.24. The molecule has 0 bridgehead atoms. The van der Waals surface area contributed by atoms with E-state index in [0.717, 1.165) is 51.4 Å². The molecule has 1 aliphatic carbocycles. The number of nitrogens with zero attached hydrogens (tertiary/aromatic N) is 4. The fourth-order valence-corrected chi connectivity index (χ4v) is 3.66. The molecule has 2 fully saturated rings. The van der Waals surface area contributed by atoms with Gasteiger partial charge in [0.1, 0.15) is 0 Å². The van der Waals surface area contributed by atoms with Gasteiger partial charge in [0.25, 0.3) is 0 Å². The quantitative estimate of drug-likeness (QED) is 0.833. The van der Waals surface area contributed by atoms with Crippen LogP contribution in [0.1, 0.15) is 32.6 Å². The van der Waals surface area contributed by atoms with Gasteiger partial charge in [0.2, 0.25) is 11.9 Å². The first-order valence-corrected chi connectivity index (χ1v) is 9.46. The van der Waals surface area contributed by atoms with E-state index in [-0.39, 0.29) is 24.5 Å². The Kier molecular flexibility index (Phi) is 6.38. The summed E-state index contributed by atoms with van der Waals surface area (Å²) in [4.78, 5) is 36.9. The number of carbonyl (C=O) groups excluding carboxylic acids is 2. The molecular weight excluding hydrogens is 332 g/mol. The molecule has 2 unspecified atom stereocenters. The first-order chi connectivity index (χ1) is 12.6. The molecule has 142 valence electrons. The van der Waals surface area contributed by atoms with Crippen LogP contribution in [0.3, 0.4) is 0 Å². The molecule has 1 saturated heterocycles. The van der Waals surface area contributed by atoms with Crippen molar-refractivity contribution in [3.05, 3.63) is 18.5 Å². The van der Waals surface area contributed by atoms with Crippen molar-refractivity contribution in [1.29, 1.82) is 0 Å². The average molecular weight is 360 g/mol. The Bertz CT molecular complexity index is 603. The summed E-state index contributed by atoms with van der Waals surface area (Å²) in [6.07, 6.45) is 7.95. The van der Waals surface area contributed by atoms with E-state index in [2.05, 4.69) is 32.4 Å². The van der Waals surface area contributed by atoms with Crippen LogP contribution in [-0.2, 0) is 4.79 Å². The maximum Gasteiger partial charge on any atom is 0.321 e. The van der Waals surface area contributed by atoms with Gasteiger partial charge in [-0.05, 0) is 24.8 Å². The number of urea groups is 1. The molecule has 2 atom stereocenters. The van der Waals surface area contributed by atoms with Gasteiger partial charge in [0.05, 0.1) is 6.54 Å². The molecule has 1 aromatic rings. The van der Waals surface area contributed by atoms with E-state index in [0.29, 0.717) is 5.92 Å². The summed E-state index contributed by atoms with van der Waals surface area (Å²) in [5, 5.41) is 5.42. The molecule has 3 rings (SSSR count). The number of carbonyl (C=O) groups is 2. The number of hydrogen-bond donors (Lipinski definition) is 2. The molecule has 1 aromatic heterocycles. The Morgan fingerprint density at radius 1 is 1.12 bits per heavy atom. The van der Waals surface area contributed by atoms with Crippen LogP contribution in [0, 0.1) is 5.92 Å². The first-order valence-electron chi connectivity index (χ1n) is 9.46. The summed E-state index contributed by atoms with van der Waals surface area (Å²) >= 11 is 0. The zero-order chi connectivity index (χ0) is 18.4. The summed E-state index contributed by atoms with van der Waals surface area (Å²) in [5.74, 6) is 0.936. The average Bonchev–Trinajstić information content (AvgIpc) is 2.65. The van der Waals surface area contributed by atoms with Gasteiger partial charge in [-0.25, -0.2) is 14.8 Å². The lowest BCUT2D eigenvalue weighted by atomic mass is 9.86. The van der Waals surface area contributed by atoms with Crippen LogP contribution in [-0.4, -0.2) is 65.6 Å². The van der Waals surface area contributed by atoms with E-state index in [4.69, 9.17) is 0 Å². The predicted molar refractivity (Wildman–Crippen MR) is 98.8 cm³/mol. The molecule has 8 nitrogen and oxygen atoms in total. The molecule has 2 heterocycles. The number of rotatable bonds is 4. The van der Waals surface area contributed by atoms with Crippen LogP contribution in [0.15, 0.2) is 18.5 Å². The van der Waals surface area contributed by atoms with Gasteiger partial charge >= 0.3 is 6.03 Å². The fourth-order valence-electron chi connectivity index (χ4n) is 3.66. The molecule has 2 aliphatic rings. The zero-order valence-corrected chi connectivity index (χ0v) is 15.4. The van der Waals surface area contributed by atoms with Gasteiger partial charge in [-0.3, -0.25) is 15.0 Å². The molecule has 0 spiro atoms. The van der Waals surface area contributed by atoms with E-state index < -0.39 is 0 Å². The lowest BCUT2D eigenvalue weighted by molar-refractivity contribution is -0.121. The van der Waals surface area contributed by atoms with Gasteiger partial charge < -0.3 is 10.2 Å². The van der Waals surface area contributed by atoms with Gasteiger partial charge in [-0.1, -0.05) is 19.8 Å². The monoisotopic (exact) mass is 360 g/mol. The summed E-state index contributed by atoms with van der Waals surface area (Å²) in [5.41, 5.74) is 0. The van der Waals surface area contributed by atoms with Gasteiger partial charge in [0, 0.05) is 44.6 Å². The summed E-state index contributed by atoms with van der Waals surface area (Å²) in [7, 11) is 0. The number of imide groups is 1. The molecule has 3 amide bonds. The Morgan fingerprint density at radius 2 is 1.81 bits per heavy atom. The second kappa shape index (κ2) is 8.93. The largest absolute Gasteiger partial charge is 0.338 e. The highest BCUT2D eigenvalue weighted by molar-refractivity contribution is 5.95. The molecule has 1 aliphatic heterocycles. The van der Waals surface area contributed by atoms with Crippen LogP contribution in [0.25, 0.3) is 0 Å². The van der Waals surface area contributed by atoms with Gasteiger partial charge in [-0.2, -0.15) is 0 Å². The Morgan fingerprint density at radius 3 is 2.50 bits per heavy atom. The van der Waals surface area contributed by atoms with Crippen LogP contribution in [0.4, 0.5) is 10.7 Å². The molecule has 1 saturated carbocycles. The van der Waals surface area contributed by atoms with E-state index >= 15 is 0 Å². The third-order valence-corrected chi connectivity index (χ3v) is 5.26. The van der Waals surface area contributed by atoms with Crippen molar-refractivity contribution in [2.75, 3.05) is 37.6 Å². The van der Waals surface area contributed by atoms with E-state index in [9.17, 15) is 9.59 Å². The molecule has 8 heteroatoms. The normalized spacial score (nSPS) is 24.1. The van der Waals surface area contributed by atoms with Crippen molar-refractivity contribution < 1.29 is 9.59 Å². The number of anilines is 1. The molecule has 0 radical (unpaired) electrons. The zero-order valence-electron chi connectivity index (χ0n) is 15.4. The van der Waals surface area contributed by atoms with Gasteiger partial charge in [-0.15, -0.1) is 0 Å². The molecule has 26 heavy (non-hydrogen) atoms. The fraction of sp³-hybridized carbons (Fsp3) is 0.667. The summed E-state index contributed by atoms with van der Waals surface area (Å²) < 4.78 is 0. The van der Waals surface area contributed by atoms with E-state index in [1.165, 1.54) is 6.42 Å². The lowest BCUT2D eigenvalue weighted by Crippen LogP contribution is -2.53. The van der Waals surface area contributed by atoms with Crippen molar-refractivity contribution in [2.24, 2.45) is 5.92 Å². The van der Waals surface area contributed by atoms with Crippen molar-refractivity contribution in [2.45, 2.75) is 38.6 Å². The second-order valence-corrected chi connectivity index (χ2v) is 7.20.